The van der Waals surface area contributed by atoms with Gasteiger partial charge in [0.15, 0.2) is 5.96 Å². The number of rotatable bonds is 2. The van der Waals surface area contributed by atoms with E-state index in [1.165, 1.54) is 4.90 Å². The molecule has 1 rings (SSSR count). The third-order valence-electron chi connectivity index (χ3n) is 1.89. The van der Waals surface area contributed by atoms with Gasteiger partial charge in [0.2, 0.25) is 11.8 Å². The highest BCUT2D eigenvalue weighted by Gasteiger charge is 2.23. The lowest BCUT2D eigenvalue weighted by Crippen LogP contribution is -2.55. The summed E-state index contributed by atoms with van der Waals surface area (Å²) in [4.78, 5) is 27.7. The maximum absolute atomic E-state index is 11.0. The Morgan fingerprint density at radius 2 is 2.00 bits per heavy atom. The van der Waals surface area contributed by atoms with Crippen molar-refractivity contribution in [1.82, 2.24) is 10.2 Å². The summed E-state index contributed by atoms with van der Waals surface area (Å²) in [5.41, 5.74) is 5.66. The molecule has 3 N–H and O–H groups in total. The van der Waals surface area contributed by atoms with Crippen molar-refractivity contribution >= 4 is 17.8 Å². The number of nitrogens with zero attached hydrogens (tertiary/aromatic N) is 2. The first-order chi connectivity index (χ1) is 6.99. The molecule has 0 aromatic heterocycles. The average molecular weight is 212 g/mol. The zero-order valence-corrected chi connectivity index (χ0v) is 8.99. The number of amides is 2. The molecule has 15 heavy (non-hydrogen) atoms. The zero-order valence-electron chi connectivity index (χ0n) is 8.99. The van der Waals surface area contributed by atoms with E-state index in [0.717, 1.165) is 0 Å². The molecular weight excluding hydrogens is 196 g/mol. The summed E-state index contributed by atoms with van der Waals surface area (Å²) < 4.78 is 0. The summed E-state index contributed by atoms with van der Waals surface area (Å²) in [6.07, 6.45) is 0. The van der Waals surface area contributed by atoms with Gasteiger partial charge in [0.1, 0.15) is 13.1 Å². The molecule has 1 fully saturated rings. The van der Waals surface area contributed by atoms with E-state index in [0.29, 0.717) is 12.5 Å². The van der Waals surface area contributed by atoms with Gasteiger partial charge in [0.25, 0.3) is 0 Å². The first-order valence-electron chi connectivity index (χ1n) is 4.86. The molecule has 0 unspecified atom stereocenters. The molecule has 0 radical (unpaired) electrons. The molecule has 0 bridgehead atoms. The quantitative estimate of drug-likeness (QED) is 0.346. The molecule has 0 aromatic carbocycles. The second-order valence-corrected chi connectivity index (χ2v) is 3.92. The van der Waals surface area contributed by atoms with Gasteiger partial charge in [-0.3, -0.25) is 19.9 Å². The van der Waals surface area contributed by atoms with Crippen LogP contribution in [0.4, 0.5) is 0 Å². The van der Waals surface area contributed by atoms with Gasteiger partial charge in [-0.05, 0) is 5.92 Å². The van der Waals surface area contributed by atoms with Crippen molar-refractivity contribution in [2.75, 3.05) is 19.6 Å². The second kappa shape index (κ2) is 4.77. The smallest absolute Gasteiger partial charge is 0.246 e. The number of carbonyl (C=O) groups is 2. The summed E-state index contributed by atoms with van der Waals surface area (Å²) >= 11 is 0. The SMILES string of the molecule is CC(C)CN=C(N)N1CC(=O)NC(=O)C1. The highest BCUT2D eigenvalue weighted by Crippen LogP contribution is 1.97. The van der Waals surface area contributed by atoms with Crippen LogP contribution in [0.25, 0.3) is 0 Å². The summed E-state index contributed by atoms with van der Waals surface area (Å²) in [7, 11) is 0. The van der Waals surface area contributed by atoms with E-state index < -0.39 is 0 Å². The topological polar surface area (TPSA) is 87.8 Å². The molecule has 2 amide bonds. The number of nitrogens with one attached hydrogen (secondary N) is 1. The summed E-state index contributed by atoms with van der Waals surface area (Å²) in [6.45, 7) is 4.83. The third-order valence-corrected chi connectivity index (χ3v) is 1.89. The summed E-state index contributed by atoms with van der Waals surface area (Å²) in [6, 6.07) is 0. The fraction of sp³-hybridized carbons (Fsp3) is 0.667. The first-order valence-corrected chi connectivity index (χ1v) is 4.86. The second-order valence-electron chi connectivity index (χ2n) is 3.92. The summed E-state index contributed by atoms with van der Waals surface area (Å²) in [5, 5.41) is 2.20. The fourth-order valence-corrected chi connectivity index (χ4v) is 1.18. The van der Waals surface area contributed by atoms with E-state index in [1.54, 1.807) is 0 Å². The van der Waals surface area contributed by atoms with Crippen LogP contribution in [0.15, 0.2) is 4.99 Å². The van der Waals surface area contributed by atoms with Gasteiger partial charge in [-0.15, -0.1) is 0 Å². The van der Waals surface area contributed by atoms with Crippen molar-refractivity contribution in [3.63, 3.8) is 0 Å². The standard InChI is InChI=1S/C9H16N4O2/c1-6(2)3-11-9(10)13-4-7(14)12-8(15)5-13/h6H,3-5H2,1-2H3,(H2,10,11)(H,12,14,15). The third kappa shape index (κ3) is 3.57. The Balaban J connectivity index is 2.58. The minimum atomic E-state index is -0.339. The van der Waals surface area contributed by atoms with E-state index in [2.05, 4.69) is 10.3 Å². The molecule has 1 saturated heterocycles. The molecule has 0 aliphatic carbocycles. The fourth-order valence-electron chi connectivity index (χ4n) is 1.18. The minimum absolute atomic E-state index is 0.0964. The Bertz CT molecular complexity index is 282. The van der Waals surface area contributed by atoms with Crippen LogP contribution in [0, 0.1) is 5.92 Å². The van der Waals surface area contributed by atoms with Gasteiger partial charge in [-0.25, -0.2) is 0 Å². The van der Waals surface area contributed by atoms with Crippen molar-refractivity contribution < 1.29 is 9.59 Å². The van der Waals surface area contributed by atoms with E-state index in [-0.39, 0.29) is 30.9 Å². The number of hydrogen-bond acceptors (Lipinski definition) is 3. The van der Waals surface area contributed by atoms with Gasteiger partial charge >= 0.3 is 0 Å². The number of piperazine rings is 1. The van der Waals surface area contributed by atoms with E-state index in [1.807, 2.05) is 13.8 Å². The highest BCUT2D eigenvalue weighted by atomic mass is 16.2. The van der Waals surface area contributed by atoms with Crippen molar-refractivity contribution in [2.24, 2.45) is 16.6 Å². The van der Waals surface area contributed by atoms with Crippen LogP contribution in [0.2, 0.25) is 0 Å². The maximum atomic E-state index is 11.0. The van der Waals surface area contributed by atoms with Crippen molar-refractivity contribution in [3.05, 3.63) is 0 Å². The highest BCUT2D eigenvalue weighted by molar-refractivity contribution is 6.02. The normalized spacial score (nSPS) is 18.3. The number of guanidine groups is 1. The number of nitrogens with two attached hydrogens (primary N) is 1. The number of aliphatic imine (C=N–C) groups is 1. The lowest BCUT2D eigenvalue weighted by Gasteiger charge is -2.26. The molecule has 6 heteroatoms. The zero-order chi connectivity index (χ0) is 11.4. The molecule has 0 spiro atoms. The lowest BCUT2D eigenvalue weighted by atomic mass is 10.2. The molecule has 1 aliphatic heterocycles. The van der Waals surface area contributed by atoms with E-state index >= 15 is 0 Å². The van der Waals surface area contributed by atoms with Crippen LogP contribution >= 0.6 is 0 Å². The number of hydrogen-bond donors (Lipinski definition) is 2. The molecule has 1 heterocycles. The average Bonchev–Trinajstić information content (AvgIpc) is 2.12. The predicted octanol–water partition coefficient (Wildman–Crippen LogP) is -1.08. The number of carbonyl (C=O) groups excluding carboxylic acids is 2. The molecule has 0 atom stereocenters. The Morgan fingerprint density at radius 1 is 1.47 bits per heavy atom. The first kappa shape index (κ1) is 11.5. The molecule has 84 valence electrons. The van der Waals surface area contributed by atoms with Gasteiger partial charge in [-0.1, -0.05) is 13.8 Å². The van der Waals surface area contributed by atoms with Gasteiger partial charge in [0, 0.05) is 6.54 Å². The predicted molar refractivity (Wildman–Crippen MR) is 56.1 cm³/mol. The molecule has 6 nitrogen and oxygen atoms in total. The number of imide groups is 1. The van der Waals surface area contributed by atoms with Gasteiger partial charge < -0.3 is 10.6 Å². The van der Waals surface area contributed by atoms with Crippen LogP contribution in [0.1, 0.15) is 13.8 Å². The monoisotopic (exact) mass is 212 g/mol. The minimum Gasteiger partial charge on any atom is -0.370 e. The van der Waals surface area contributed by atoms with E-state index in [9.17, 15) is 9.59 Å². The molecular formula is C9H16N4O2. The largest absolute Gasteiger partial charge is 0.370 e. The Hall–Kier alpha value is -1.59. The van der Waals surface area contributed by atoms with Crippen LogP contribution in [0.3, 0.4) is 0 Å². The van der Waals surface area contributed by atoms with Crippen LogP contribution in [-0.2, 0) is 9.59 Å². The van der Waals surface area contributed by atoms with E-state index in [4.69, 9.17) is 5.73 Å². The lowest BCUT2D eigenvalue weighted by molar-refractivity contribution is -0.134. The van der Waals surface area contributed by atoms with Crippen molar-refractivity contribution in [3.8, 4) is 0 Å². The molecule has 0 aromatic rings. The Kier molecular flexibility index (Phi) is 3.65. The van der Waals surface area contributed by atoms with Gasteiger partial charge in [0.05, 0.1) is 0 Å². The van der Waals surface area contributed by atoms with Crippen LogP contribution in [0.5, 0.6) is 0 Å². The molecule has 0 saturated carbocycles. The summed E-state index contributed by atoms with van der Waals surface area (Å²) in [5.74, 6) is -0.0207. The van der Waals surface area contributed by atoms with Crippen LogP contribution < -0.4 is 11.1 Å². The van der Waals surface area contributed by atoms with Crippen molar-refractivity contribution in [1.29, 1.82) is 0 Å². The van der Waals surface area contributed by atoms with Crippen molar-refractivity contribution in [2.45, 2.75) is 13.8 Å². The molecule has 1 aliphatic rings. The Labute approximate surface area is 88.5 Å². The van der Waals surface area contributed by atoms with Crippen LogP contribution in [-0.4, -0.2) is 42.3 Å². The maximum Gasteiger partial charge on any atom is 0.246 e. The Morgan fingerprint density at radius 3 is 2.47 bits per heavy atom. The van der Waals surface area contributed by atoms with Gasteiger partial charge in [-0.2, -0.15) is 0 Å².